The Morgan fingerprint density at radius 2 is 2.00 bits per heavy atom. The van der Waals surface area contributed by atoms with Crippen LogP contribution in [0.5, 0.6) is 0 Å². The van der Waals surface area contributed by atoms with Crippen molar-refractivity contribution in [3.63, 3.8) is 0 Å². The second-order valence-electron chi connectivity index (χ2n) is 5.42. The molecular formula is C13H29N3O. The third-order valence-corrected chi connectivity index (χ3v) is 2.90. The van der Waals surface area contributed by atoms with Crippen LogP contribution in [0.25, 0.3) is 0 Å². The normalized spacial score (nSPS) is 11.9. The van der Waals surface area contributed by atoms with Crippen molar-refractivity contribution in [1.29, 1.82) is 0 Å². The van der Waals surface area contributed by atoms with E-state index in [1.165, 1.54) is 0 Å². The van der Waals surface area contributed by atoms with E-state index < -0.39 is 0 Å². The molecule has 0 radical (unpaired) electrons. The molecule has 0 saturated carbocycles. The molecule has 1 amide bonds. The third kappa shape index (κ3) is 8.16. The second-order valence-corrected chi connectivity index (χ2v) is 5.42. The fraction of sp³-hybridized carbons (Fsp3) is 0.923. The molecule has 0 unspecified atom stereocenters. The van der Waals surface area contributed by atoms with Gasteiger partial charge in [0.25, 0.3) is 0 Å². The molecule has 4 heteroatoms. The average molecular weight is 243 g/mol. The van der Waals surface area contributed by atoms with Crippen LogP contribution in [0.4, 0.5) is 0 Å². The Morgan fingerprint density at radius 1 is 1.35 bits per heavy atom. The van der Waals surface area contributed by atoms with Gasteiger partial charge in [0.15, 0.2) is 0 Å². The third-order valence-electron chi connectivity index (χ3n) is 2.90. The molecule has 0 bridgehead atoms. The van der Waals surface area contributed by atoms with E-state index in [0.29, 0.717) is 13.0 Å². The Labute approximate surface area is 106 Å². The van der Waals surface area contributed by atoms with Crippen LogP contribution in [0.3, 0.4) is 0 Å². The van der Waals surface area contributed by atoms with Gasteiger partial charge in [-0.25, -0.2) is 0 Å². The van der Waals surface area contributed by atoms with Crippen molar-refractivity contribution in [3.05, 3.63) is 0 Å². The predicted molar refractivity (Wildman–Crippen MR) is 72.9 cm³/mol. The number of carbonyl (C=O) groups is 1. The summed E-state index contributed by atoms with van der Waals surface area (Å²) in [6, 6.07) is 0. The molecule has 0 aromatic rings. The zero-order valence-corrected chi connectivity index (χ0v) is 11.9. The van der Waals surface area contributed by atoms with Gasteiger partial charge in [-0.05, 0) is 37.9 Å². The van der Waals surface area contributed by atoms with Crippen LogP contribution in [0.2, 0.25) is 0 Å². The number of hydrogen-bond acceptors (Lipinski definition) is 3. The molecule has 0 spiro atoms. The minimum Gasteiger partial charge on any atom is -0.359 e. The fourth-order valence-electron chi connectivity index (χ4n) is 1.84. The van der Waals surface area contributed by atoms with Gasteiger partial charge >= 0.3 is 0 Å². The summed E-state index contributed by atoms with van der Waals surface area (Å²) in [7, 11) is 1.68. The molecule has 0 aliphatic rings. The van der Waals surface area contributed by atoms with Crippen molar-refractivity contribution in [2.24, 2.45) is 11.1 Å². The van der Waals surface area contributed by atoms with Crippen LogP contribution < -0.4 is 11.1 Å². The van der Waals surface area contributed by atoms with Crippen molar-refractivity contribution in [2.45, 2.75) is 40.0 Å². The lowest BCUT2D eigenvalue weighted by molar-refractivity contribution is -0.120. The van der Waals surface area contributed by atoms with Gasteiger partial charge in [-0.1, -0.05) is 20.8 Å². The molecule has 0 aliphatic carbocycles. The minimum atomic E-state index is 0.125. The molecule has 102 valence electrons. The summed E-state index contributed by atoms with van der Waals surface area (Å²) >= 11 is 0. The molecule has 3 N–H and O–H groups in total. The first kappa shape index (κ1) is 16.4. The highest BCUT2D eigenvalue weighted by Crippen LogP contribution is 2.15. The highest BCUT2D eigenvalue weighted by atomic mass is 16.1. The van der Waals surface area contributed by atoms with E-state index in [1.54, 1.807) is 7.05 Å². The molecule has 0 atom stereocenters. The monoisotopic (exact) mass is 243 g/mol. The van der Waals surface area contributed by atoms with Gasteiger partial charge in [0.2, 0.25) is 5.91 Å². The quantitative estimate of drug-likeness (QED) is 0.640. The summed E-state index contributed by atoms with van der Waals surface area (Å²) in [4.78, 5) is 13.6. The molecule has 0 rings (SSSR count). The van der Waals surface area contributed by atoms with E-state index in [1.807, 2.05) is 0 Å². The van der Waals surface area contributed by atoms with E-state index in [0.717, 1.165) is 32.5 Å². The van der Waals surface area contributed by atoms with Crippen molar-refractivity contribution in [3.8, 4) is 0 Å². The highest BCUT2D eigenvalue weighted by Gasteiger charge is 2.19. The van der Waals surface area contributed by atoms with Crippen molar-refractivity contribution >= 4 is 5.91 Å². The van der Waals surface area contributed by atoms with Gasteiger partial charge < -0.3 is 16.0 Å². The van der Waals surface area contributed by atoms with Crippen LogP contribution >= 0.6 is 0 Å². The first-order valence-electron chi connectivity index (χ1n) is 6.58. The molecule has 0 saturated heterocycles. The lowest BCUT2D eigenvalue weighted by Crippen LogP contribution is -2.39. The molecule has 0 aliphatic heterocycles. The van der Waals surface area contributed by atoms with Gasteiger partial charge in [-0.3, -0.25) is 4.79 Å². The topological polar surface area (TPSA) is 58.4 Å². The largest absolute Gasteiger partial charge is 0.359 e. The Bertz CT molecular complexity index is 217. The van der Waals surface area contributed by atoms with Gasteiger partial charge in [0, 0.05) is 20.0 Å². The first-order chi connectivity index (χ1) is 7.95. The van der Waals surface area contributed by atoms with Crippen LogP contribution in [0.1, 0.15) is 40.0 Å². The maximum atomic E-state index is 11.1. The van der Waals surface area contributed by atoms with E-state index in [-0.39, 0.29) is 11.3 Å². The number of nitrogens with one attached hydrogen (secondary N) is 1. The number of carbonyl (C=O) groups excluding carboxylic acids is 1. The number of nitrogens with two attached hydrogens (primary N) is 1. The molecular weight excluding hydrogens is 214 g/mol. The molecule has 0 fully saturated rings. The fourth-order valence-corrected chi connectivity index (χ4v) is 1.84. The summed E-state index contributed by atoms with van der Waals surface area (Å²) < 4.78 is 0. The van der Waals surface area contributed by atoms with E-state index in [9.17, 15) is 4.79 Å². The molecule has 17 heavy (non-hydrogen) atoms. The number of hydrogen-bond donors (Lipinski definition) is 2. The summed E-state index contributed by atoms with van der Waals surface area (Å²) in [5.74, 6) is 0.125. The number of amides is 1. The Kier molecular flexibility index (Phi) is 8.17. The summed E-state index contributed by atoms with van der Waals surface area (Å²) in [6.45, 7) is 10.3. The smallest absolute Gasteiger partial charge is 0.219 e. The van der Waals surface area contributed by atoms with Crippen molar-refractivity contribution < 1.29 is 4.79 Å². The molecule has 0 aromatic carbocycles. The first-order valence-corrected chi connectivity index (χ1v) is 6.58. The maximum Gasteiger partial charge on any atom is 0.219 e. The Hall–Kier alpha value is -0.610. The minimum absolute atomic E-state index is 0.125. The van der Waals surface area contributed by atoms with E-state index >= 15 is 0 Å². The Balaban J connectivity index is 4.02. The summed E-state index contributed by atoms with van der Waals surface area (Å²) in [5, 5.41) is 2.65. The molecule has 4 nitrogen and oxygen atoms in total. The van der Waals surface area contributed by atoms with E-state index in [4.69, 9.17) is 5.73 Å². The van der Waals surface area contributed by atoms with Crippen molar-refractivity contribution in [1.82, 2.24) is 10.2 Å². The van der Waals surface area contributed by atoms with Crippen LogP contribution in [-0.2, 0) is 4.79 Å². The zero-order valence-electron chi connectivity index (χ0n) is 11.9. The van der Waals surface area contributed by atoms with Crippen LogP contribution in [-0.4, -0.2) is 44.0 Å². The Morgan fingerprint density at radius 3 is 2.47 bits per heavy atom. The molecule has 0 heterocycles. The summed E-state index contributed by atoms with van der Waals surface area (Å²) in [6.07, 6.45) is 2.67. The van der Waals surface area contributed by atoms with Gasteiger partial charge in [-0.15, -0.1) is 0 Å². The van der Waals surface area contributed by atoms with Crippen LogP contribution in [0, 0.1) is 5.41 Å². The van der Waals surface area contributed by atoms with Gasteiger partial charge in [0.05, 0.1) is 0 Å². The van der Waals surface area contributed by atoms with Crippen LogP contribution in [0.15, 0.2) is 0 Å². The van der Waals surface area contributed by atoms with Gasteiger partial charge in [0.1, 0.15) is 0 Å². The SMILES string of the molecule is CCCN(CCCC(=O)NC)CC(C)(C)CN. The number of rotatable bonds is 9. The lowest BCUT2D eigenvalue weighted by Gasteiger charge is -2.31. The van der Waals surface area contributed by atoms with Crippen molar-refractivity contribution in [2.75, 3.05) is 33.2 Å². The summed E-state index contributed by atoms with van der Waals surface area (Å²) in [5.41, 5.74) is 5.91. The highest BCUT2D eigenvalue weighted by molar-refractivity contribution is 5.75. The maximum absolute atomic E-state index is 11.1. The lowest BCUT2D eigenvalue weighted by atomic mass is 9.93. The zero-order chi connectivity index (χ0) is 13.3. The molecule has 0 aromatic heterocycles. The number of nitrogens with zero attached hydrogens (tertiary/aromatic N) is 1. The average Bonchev–Trinajstić information content (AvgIpc) is 2.28. The second kappa shape index (κ2) is 8.48. The van der Waals surface area contributed by atoms with E-state index in [2.05, 4.69) is 31.0 Å². The predicted octanol–water partition coefficient (Wildman–Crippen LogP) is 1.21. The van der Waals surface area contributed by atoms with Gasteiger partial charge in [-0.2, -0.15) is 0 Å². The standard InChI is InChI=1S/C13H29N3O/c1-5-8-16(11-13(2,3)10-14)9-6-7-12(17)15-4/h5-11,14H2,1-4H3,(H,15,17).